The highest BCUT2D eigenvalue weighted by atomic mass is 16.3. The van der Waals surface area contributed by atoms with Crippen molar-refractivity contribution in [2.45, 2.75) is 52.4 Å². The van der Waals surface area contributed by atoms with Crippen LogP contribution < -0.4 is 10.9 Å². The van der Waals surface area contributed by atoms with Crippen molar-refractivity contribution in [3.8, 4) is 5.75 Å². The molecule has 28 heavy (non-hydrogen) atoms. The van der Waals surface area contributed by atoms with Crippen molar-refractivity contribution < 1.29 is 9.90 Å². The number of hydrogen-bond acceptors (Lipinski definition) is 4. The molecule has 0 spiro atoms. The summed E-state index contributed by atoms with van der Waals surface area (Å²) in [6.45, 7) is 12.1. The Bertz CT molecular complexity index is 1110. The quantitative estimate of drug-likeness (QED) is 0.631. The predicted molar refractivity (Wildman–Crippen MR) is 109 cm³/mol. The number of phenols is 1. The SMILES string of the molecule is CC(C)(C)c1cc(C(C)(C)C)c(NC(=O)c2cnc3cc[nH]n3c2=O)cc1O. The van der Waals surface area contributed by atoms with E-state index in [2.05, 4.69) is 15.4 Å². The number of fused-ring (bicyclic) bond motifs is 1. The first-order valence-electron chi connectivity index (χ1n) is 9.14. The van der Waals surface area contributed by atoms with Crippen LogP contribution in [0.4, 0.5) is 5.69 Å². The van der Waals surface area contributed by atoms with E-state index in [1.54, 1.807) is 18.3 Å². The molecule has 0 bridgehead atoms. The smallest absolute Gasteiger partial charge is 0.285 e. The number of aromatic hydroxyl groups is 1. The van der Waals surface area contributed by atoms with E-state index < -0.39 is 11.5 Å². The summed E-state index contributed by atoms with van der Waals surface area (Å²) in [5, 5.41) is 16.1. The third-order valence-electron chi connectivity index (χ3n) is 4.67. The molecule has 0 aliphatic carbocycles. The maximum absolute atomic E-state index is 12.8. The molecular formula is C21H26N4O3. The van der Waals surface area contributed by atoms with Gasteiger partial charge in [-0.15, -0.1) is 0 Å². The minimum atomic E-state index is -0.574. The van der Waals surface area contributed by atoms with Crippen molar-refractivity contribution >= 4 is 17.2 Å². The predicted octanol–water partition coefficient (Wildman–Crippen LogP) is 3.58. The highest BCUT2D eigenvalue weighted by Crippen LogP contribution is 2.39. The van der Waals surface area contributed by atoms with Crippen molar-refractivity contribution in [3.63, 3.8) is 0 Å². The van der Waals surface area contributed by atoms with Gasteiger partial charge in [-0.1, -0.05) is 41.5 Å². The number of aromatic nitrogens is 3. The zero-order chi connectivity index (χ0) is 20.9. The molecule has 0 radical (unpaired) electrons. The van der Waals surface area contributed by atoms with Crippen molar-refractivity contribution in [2.75, 3.05) is 5.32 Å². The van der Waals surface area contributed by atoms with E-state index in [-0.39, 0.29) is 22.1 Å². The number of amides is 1. The number of rotatable bonds is 2. The average molecular weight is 382 g/mol. The minimum absolute atomic E-state index is 0.0841. The van der Waals surface area contributed by atoms with E-state index in [1.807, 2.05) is 47.6 Å². The van der Waals surface area contributed by atoms with Crippen molar-refractivity contribution in [1.29, 1.82) is 0 Å². The van der Waals surface area contributed by atoms with Crippen LogP contribution in [0.3, 0.4) is 0 Å². The van der Waals surface area contributed by atoms with Gasteiger partial charge in [0.05, 0.1) is 0 Å². The Morgan fingerprint density at radius 2 is 1.75 bits per heavy atom. The molecule has 2 heterocycles. The summed E-state index contributed by atoms with van der Waals surface area (Å²) in [4.78, 5) is 29.5. The number of H-pyrrole nitrogens is 1. The molecule has 7 heteroatoms. The Morgan fingerprint density at radius 1 is 1.11 bits per heavy atom. The molecule has 3 aromatic rings. The van der Waals surface area contributed by atoms with Crippen LogP contribution in [-0.2, 0) is 10.8 Å². The fourth-order valence-corrected chi connectivity index (χ4v) is 3.16. The second kappa shape index (κ2) is 6.51. The molecule has 0 unspecified atom stereocenters. The molecule has 0 saturated heterocycles. The highest BCUT2D eigenvalue weighted by molar-refractivity contribution is 6.04. The number of benzene rings is 1. The number of nitrogens with zero attached hydrogens (tertiary/aromatic N) is 2. The average Bonchev–Trinajstić information content (AvgIpc) is 3.02. The van der Waals surface area contributed by atoms with Gasteiger partial charge in [0.1, 0.15) is 11.3 Å². The van der Waals surface area contributed by atoms with E-state index in [4.69, 9.17) is 0 Å². The maximum atomic E-state index is 12.8. The molecule has 7 nitrogen and oxygen atoms in total. The molecule has 0 saturated carbocycles. The first-order valence-corrected chi connectivity index (χ1v) is 9.14. The largest absolute Gasteiger partial charge is 0.508 e. The van der Waals surface area contributed by atoms with E-state index in [9.17, 15) is 14.7 Å². The normalized spacial score (nSPS) is 12.4. The van der Waals surface area contributed by atoms with Crippen LogP contribution in [0.15, 0.2) is 35.4 Å². The summed E-state index contributed by atoms with van der Waals surface area (Å²) >= 11 is 0. The molecule has 0 fully saturated rings. The Balaban J connectivity index is 2.07. The lowest BCUT2D eigenvalue weighted by atomic mass is 9.79. The first kappa shape index (κ1) is 19.7. The molecular weight excluding hydrogens is 356 g/mol. The topological polar surface area (TPSA) is 99.5 Å². The summed E-state index contributed by atoms with van der Waals surface area (Å²) in [5.41, 5.74) is 1.46. The van der Waals surface area contributed by atoms with Crippen LogP contribution >= 0.6 is 0 Å². The van der Waals surface area contributed by atoms with E-state index >= 15 is 0 Å². The standard InChI is InChI=1S/C21H26N4O3/c1-20(2,3)13-9-14(21(4,5)6)16(26)10-15(13)24-18(27)12-11-22-17-7-8-23-25(17)19(12)28/h7-11,23,26H,1-6H3,(H,24,27). The summed E-state index contributed by atoms with van der Waals surface area (Å²) in [7, 11) is 0. The Hall–Kier alpha value is -3.09. The van der Waals surface area contributed by atoms with Crippen LogP contribution in [0.25, 0.3) is 5.65 Å². The minimum Gasteiger partial charge on any atom is -0.508 e. The number of anilines is 1. The maximum Gasteiger partial charge on any atom is 0.285 e. The van der Waals surface area contributed by atoms with Gasteiger partial charge in [-0.3, -0.25) is 14.7 Å². The van der Waals surface area contributed by atoms with Crippen LogP contribution in [-0.4, -0.2) is 25.6 Å². The molecule has 3 rings (SSSR count). The molecule has 1 aromatic carbocycles. The number of aromatic amines is 1. The molecule has 148 valence electrons. The Morgan fingerprint density at radius 3 is 2.36 bits per heavy atom. The van der Waals surface area contributed by atoms with Gasteiger partial charge in [-0.05, 0) is 28.0 Å². The zero-order valence-corrected chi connectivity index (χ0v) is 17.0. The molecule has 1 amide bonds. The van der Waals surface area contributed by atoms with Gasteiger partial charge in [-0.2, -0.15) is 0 Å². The Labute approximate surface area is 163 Å². The second-order valence-corrected chi connectivity index (χ2v) is 9.00. The monoisotopic (exact) mass is 382 g/mol. The lowest BCUT2D eigenvalue weighted by molar-refractivity contribution is 0.102. The first-order chi connectivity index (χ1) is 12.9. The summed E-state index contributed by atoms with van der Waals surface area (Å²) in [5.74, 6) is -0.472. The van der Waals surface area contributed by atoms with Crippen LogP contribution in [0.2, 0.25) is 0 Å². The van der Waals surface area contributed by atoms with E-state index in [1.165, 1.54) is 10.7 Å². The summed E-state index contributed by atoms with van der Waals surface area (Å²) in [6.07, 6.45) is 2.84. The van der Waals surface area contributed by atoms with Gasteiger partial charge in [0.15, 0.2) is 5.65 Å². The van der Waals surface area contributed by atoms with Gasteiger partial charge < -0.3 is 10.4 Å². The van der Waals surface area contributed by atoms with Gasteiger partial charge >= 0.3 is 0 Å². The molecule has 2 aromatic heterocycles. The van der Waals surface area contributed by atoms with Gasteiger partial charge in [0.25, 0.3) is 11.5 Å². The third-order valence-corrected chi connectivity index (χ3v) is 4.67. The lowest BCUT2D eigenvalue weighted by Gasteiger charge is -2.28. The summed E-state index contributed by atoms with van der Waals surface area (Å²) < 4.78 is 1.21. The number of hydrogen-bond donors (Lipinski definition) is 3. The van der Waals surface area contributed by atoms with Gasteiger partial charge in [0, 0.05) is 30.2 Å². The van der Waals surface area contributed by atoms with Crippen LogP contribution in [0.5, 0.6) is 5.75 Å². The van der Waals surface area contributed by atoms with Crippen molar-refractivity contribution in [3.05, 3.63) is 57.6 Å². The van der Waals surface area contributed by atoms with Crippen LogP contribution in [0.1, 0.15) is 63.0 Å². The third kappa shape index (κ3) is 3.52. The molecule has 0 aliphatic rings. The van der Waals surface area contributed by atoms with E-state index in [0.717, 1.165) is 11.1 Å². The van der Waals surface area contributed by atoms with E-state index in [0.29, 0.717) is 11.3 Å². The summed E-state index contributed by atoms with van der Waals surface area (Å²) in [6, 6.07) is 5.12. The fourth-order valence-electron chi connectivity index (χ4n) is 3.16. The number of carbonyl (C=O) groups excluding carboxylic acids is 1. The van der Waals surface area contributed by atoms with Crippen LogP contribution in [0, 0.1) is 0 Å². The number of phenolic OH excluding ortho intramolecular Hbond substituents is 1. The van der Waals surface area contributed by atoms with Gasteiger partial charge in [0.2, 0.25) is 0 Å². The second-order valence-electron chi connectivity index (χ2n) is 9.00. The molecule has 3 N–H and O–H groups in total. The van der Waals surface area contributed by atoms with Crippen molar-refractivity contribution in [2.24, 2.45) is 0 Å². The molecule has 0 aliphatic heterocycles. The number of nitrogens with one attached hydrogen (secondary N) is 2. The van der Waals surface area contributed by atoms with Crippen molar-refractivity contribution in [1.82, 2.24) is 14.6 Å². The number of carbonyl (C=O) groups is 1. The zero-order valence-electron chi connectivity index (χ0n) is 17.0. The molecule has 0 atom stereocenters. The van der Waals surface area contributed by atoms with Gasteiger partial charge in [-0.25, -0.2) is 9.50 Å². The highest BCUT2D eigenvalue weighted by Gasteiger charge is 2.26. The Kier molecular flexibility index (Phi) is 4.57. The fraction of sp³-hybridized carbons (Fsp3) is 0.381. The lowest BCUT2D eigenvalue weighted by Crippen LogP contribution is -2.28.